The van der Waals surface area contributed by atoms with Crippen LogP contribution in [0.3, 0.4) is 0 Å². The lowest BCUT2D eigenvalue weighted by molar-refractivity contribution is -0.131. The number of hydrogen-bond donors (Lipinski definition) is 1. The summed E-state index contributed by atoms with van der Waals surface area (Å²) in [7, 11) is -1.53. The summed E-state index contributed by atoms with van der Waals surface area (Å²) in [5.74, 6) is -0.202. The number of carboxylic acid groups (broad SMARTS) is 1. The molecule has 0 fully saturated rings. The zero-order valence-corrected chi connectivity index (χ0v) is 15.8. The summed E-state index contributed by atoms with van der Waals surface area (Å²) in [6, 6.07) is 9.44. The number of aryl methyl sites for hydroxylation is 1. The van der Waals surface area contributed by atoms with Gasteiger partial charge in [-0.1, -0.05) is 44.2 Å². The largest absolute Gasteiger partial charge is 0.478 e. The fraction of sp³-hybridized carbons (Fsp3) is 0.526. The molecule has 0 heterocycles. The summed E-state index contributed by atoms with van der Waals surface area (Å²) in [6.07, 6.45) is 5.56. The first-order valence-corrected chi connectivity index (χ1v) is 11.5. The van der Waals surface area contributed by atoms with Crippen LogP contribution in [0.15, 0.2) is 36.4 Å². The summed E-state index contributed by atoms with van der Waals surface area (Å²) in [5, 5.41) is 8.67. The molecular weight excluding hydrogens is 304 g/mol. The highest BCUT2D eigenvalue weighted by atomic mass is 28.4. The molecule has 4 heteroatoms. The Morgan fingerprint density at radius 2 is 1.91 bits per heavy atom. The molecule has 23 heavy (non-hydrogen) atoms. The predicted molar refractivity (Wildman–Crippen MR) is 98.3 cm³/mol. The predicted octanol–water partition coefficient (Wildman–Crippen LogP) is 4.68. The molecule has 0 unspecified atom stereocenters. The second kappa shape index (κ2) is 9.68. The van der Waals surface area contributed by atoms with Crippen molar-refractivity contribution in [2.75, 3.05) is 6.61 Å². The van der Waals surface area contributed by atoms with Gasteiger partial charge in [-0.2, -0.15) is 0 Å². The number of benzene rings is 1. The Labute approximate surface area is 141 Å². The van der Waals surface area contributed by atoms with Crippen molar-refractivity contribution in [3.8, 4) is 0 Å². The van der Waals surface area contributed by atoms with E-state index in [1.165, 1.54) is 23.2 Å². The molecule has 1 aromatic rings. The fourth-order valence-electron chi connectivity index (χ4n) is 2.94. The van der Waals surface area contributed by atoms with E-state index in [4.69, 9.17) is 9.53 Å². The molecule has 0 aromatic heterocycles. The summed E-state index contributed by atoms with van der Waals surface area (Å²) in [6.45, 7) is 9.89. The van der Waals surface area contributed by atoms with Crippen LogP contribution in [-0.2, 0) is 22.1 Å². The smallest absolute Gasteiger partial charge is 0.327 e. The monoisotopic (exact) mass is 334 g/mol. The van der Waals surface area contributed by atoms with Crippen LogP contribution in [0, 0.1) is 5.92 Å². The quantitative estimate of drug-likeness (QED) is 0.384. The SMILES string of the molecule is CC(C)C[Si](C)(C)OCCCc1ccccc1C/C=C\C(=O)O. The van der Waals surface area contributed by atoms with Gasteiger partial charge in [0, 0.05) is 12.7 Å². The maximum atomic E-state index is 10.6. The second-order valence-corrected chi connectivity index (χ2v) is 11.2. The number of rotatable bonds is 10. The molecule has 0 atom stereocenters. The third kappa shape index (κ3) is 8.72. The number of aliphatic carboxylic acids is 1. The van der Waals surface area contributed by atoms with E-state index in [0.717, 1.165) is 19.4 Å². The van der Waals surface area contributed by atoms with Gasteiger partial charge in [0.2, 0.25) is 0 Å². The van der Waals surface area contributed by atoms with Gasteiger partial charge in [0.1, 0.15) is 0 Å². The first kappa shape index (κ1) is 19.7. The van der Waals surface area contributed by atoms with E-state index in [2.05, 4.69) is 39.1 Å². The number of carboxylic acids is 1. The van der Waals surface area contributed by atoms with E-state index in [9.17, 15) is 4.79 Å². The molecule has 0 aliphatic rings. The van der Waals surface area contributed by atoms with Gasteiger partial charge in [-0.05, 0) is 55.4 Å². The molecule has 0 saturated carbocycles. The lowest BCUT2D eigenvalue weighted by Crippen LogP contribution is -2.32. The van der Waals surface area contributed by atoms with E-state index >= 15 is 0 Å². The van der Waals surface area contributed by atoms with E-state index in [0.29, 0.717) is 12.3 Å². The van der Waals surface area contributed by atoms with Gasteiger partial charge in [-0.15, -0.1) is 0 Å². The van der Waals surface area contributed by atoms with Crippen molar-refractivity contribution in [3.05, 3.63) is 47.5 Å². The Hall–Kier alpha value is -1.39. The van der Waals surface area contributed by atoms with E-state index in [-0.39, 0.29) is 0 Å². The molecule has 0 aliphatic heterocycles. The maximum absolute atomic E-state index is 10.6. The molecule has 1 rings (SSSR count). The van der Waals surface area contributed by atoms with Crippen LogP contribution in [0.25, 0.3) is 0 Å². The van der Waals surface area contributed by atoms with Crippen LogP contribution < -0.4 is 0 Å². The summed E-state index contributed by atoms with van der Waals surface area (Å²) in [5.41, 5.74) is 2.48. The van der Waals surface area contributed by atoms with Gasteiger partial charge in [0.25, 0.3) is 0 Å². The minimum Gasteiger partial charge on any atom is -0.478 e. The molecule has 0 amide bonds. The minimum absolute atomic E-state index is 0.664. The fourth-order valence-corrected chi connectivity index (χ4v) is 5.72. The van der Waals surface area contributed by atoms with Crippen LogP contribution in [-0.4, -0.2) is 26.0 Å². The van der Waals surface area contributed by atoms with Crippen LogP contribution in [0.1, 0.15) is 31.4 Å². The average molecular weight is 335 g/mol. The molecule has 0 spiro atoms. The van der Waals surface area contributed by atoms with Crippen LogP contribution in [0.4, 0.5) is 0 Å². The van der Waals surface area contributed by atoms with Crippen molar-refractivity contribution in [2.45, 2.75) is 52.2 Å². The van der Waals surface area contributed by atoms with Crippen LogP contribution >= 0.6 is 0 Å². The summed E-state index contributed by atoms with van der Waals surface area (Å²) < 4.78 is 6.16. The van der Waals surface area contributed by atoms with Gasteiger partial charge in [0.15, 0.2) is 8.32 Å². The second-order valence-electron chi connectivity index (χ2n) is 7.02. The molecule has 0 bridgehead atoms. The van der Waals surface area contributed by atoms with Gasteiger partial charge >= 0.3 is 5.97 Å². The zero-order valence-electron chi connectivity index (χ0n) is 14.8. The first-order valence-electron chi connectivity index (χ1n) is 8.40. The Bertz CT molecular complexity index is 521. The van der Waals surface area contributed by atoms with Crippen molar-refractivity contribution in [3.63, 3.8) is 0 Å². The third-order valence-electron chi connectivity index (χ3n) is 3.70. The Morgan fingerprint density at radius 1 is 1.26 bits per heavy atom. The van der Waals surface area contributed by atoms with Crippen molar-refractivity contribution in [2.24, 2.45) is 5.92 Å². The highest BCUT2D eigenvalue weighted by molar-refractivity contribution is 6.71. The molecule has 1 aromatic carbocycles. The molecule has 0 radical (unpaired) electrons. The van der Waals surface area contributed by atoms with Crippen molar-refractivity contribution >= 4 is 14.3 Å². The normalized spacial score (nSPS) is 12.2. The highest BCUT2D eigenvalue weighted by Gasteiger charge is 2.23. The van der Waals surface area contributed by atoms with Crippen molar-refractivity contribution in [1.29, 1.82) is 0 Å². The highest BCUT2D eigenvalue weighted by Crippen LogP contribution is 2.19. The van der Waals surface area contributed by atoms with Crippen molar-refractivity contribution in [1.82, 2.24) is 0 Å². The molecule has 1 N–H and O–H groups in total. The Kier molecular flexibility index (Phi) is 8.27. The van der Waals surface area contributed by atoms with E-state index < -0.39 is 14.3 Å². The van der Waals surface area contributed by atoms with E-state index in [1.807, 2.05) is 12.1 Å². The van der Waals surface area contributed by atoms with Gasteiger partial charge in [0.05, 0.1) is 0 Å². The minimum atomic E-state index is -1.53. The molecule has 0 saturated heterocycles. The van der Waals surface area contributed by atoms with Gasteiger partial charge in [-0.25, -0.2) is 4.79 Å². The van der Waals surface area contributed by atoms with Gasteiger partial charge < -0.3 is 9.53 Å². The molecular formula is C19H30O3Si. The maximum Gasteiger partial charge on any atom is 0.327 e. The third-order valence-corrected chi connectivity index (χ3v) is 6.48. The topological polar surface area (TPSA) is 46.5 Å². The standard InChI is InChI=1S/C19H30O3Si/c1-16(2)15-23(3,4)22-14-8-12-18-10-6-5-9-17(18)11-7-13-19(20)21/h5-7,9-10,13,16H,8,11-12,14-15H2,1-4H3,(H,20,21)/b13-7-. The first-order chi connectivity index (χ1) is 10.8. The molecule has 3 nitrogen and oxygen atoms in total. The van der Waals surface area contributed by atoms with Crippen molar-refractivity contribution < 1.29 is 14.3 Å². The number of allylic oxidation sites excluding steroid dienone is 1. The lowest BCUT2D eigenvalue weighted by atomic mass is 10.0. The lowest BCUT2D eigenvalue weighted by Gasteiger charge is -2.24. The Morgan fingerprint density at radius 3 is 2.52 bits per heavy atom. The number of carbonyl (C=O) groups is 1. The van der Waals surface area contributed by atoms with Crippen LogP contribution in [0.2, 0.25) is 19.1 Å². The van der Waals surface area contributed by atoms with Crippen LogP contribution in [0.5, 0.6) is 0 Å². The van der Waals surface area contributed by atoms with E-state index in [1.54, 1.807) is 6.08 Å². The molecule has 0 aliphatic carbocycles. The summed E-state index contributed by atoms with van der Waals surface area (Å²) >= 11 is 0. The molecule has 128 valence electrons. The average Bonchev–Trinajstić information content (AvgIpc) is 2.43. The zero-order chi connectivity index (χ0) is 17.3. The summed E-state index contributed by atoms with van der Waals surface area (Å²) in [4.78, 5) is 10.6. The van der Waals surface area contributed by atoms with Gasteiger partial charge in [-0.3, -0.25) is 0 Å². The number of hydrogen-bond acceptors (Lipinski definition) is 2. The Balaban J connectivity index is 2.47.